The van der Waals surface area contributed by atoms with Gasteiger partial charge in [0.15, 0.2) is 0 Å². The Morgan fingerprint density at radius 2 is 2.08 bits per heavy atom. The number of aromatic nitrogens is 1. The zero-order valence-corrected chi connectivity index (χ0v) is 6.93. The van der Waals surface area contributed by atoms with E-state index in [2.05, 4.69) is 0 Å². The number of alkyl halides is 3. The molecule has 0 amide bonds. The van der Waals surface area contributed by atoms with Crippen LogP contribution >= 0.6 is 0 Å². The summed E-state index contributed by atoms with van der Waals surface area (Å²) in [7, 11) is 0. The number of rotatable bonds is 1. The minimum atomic E-state index is -4.56. The van der Waals surface area contributed by atoms with Crippen LogP contribution in [0.2, 0.25) is 0 Å². The van der Waals surface area contributed by atoms with Crippen molar-refractivity contribution < 1.29 is 13.2 Å². The standard InChI is InChI=1S/C8H8F3NO/c1-2-12-5-3-4-6(7(12)13)8(9,10)11/h3-5H,2H2,1H3. The number of hydrogen-bond donors (Lipinski definition) is 0. The molecule has 0 N–H and O–H groups in total. The van der Waals surface area contributed by atoms with Gasteiger partial charge in [-0.2, -0.15) is 13.2 Å². The molecule has 0 unspecified atom stereocenters. The van der Waals surface area contributed by atoms with Crippen molar-refractivity contribution >= 4 is 0 Å². The van der Waals surface area contributed by atoms with E-state index >= 15 is 0 Å². The minimum Gasteiger partial charge on any atom is -0.315 e. The first kappa shape index (κ1) is 9.83. The van der Waals surface area contributed by atoms with Crippen molar-refractivity contribution in [1.29, 1.82) is 0 Å². The molecular formula is C8H8F3NO. The highest BCUT2D eigenvalue weighted by Crippen LogP contribution is 2.25. The molecule has 0 spiro atoms. The Kier molecular flexibility index (Phi) is 2.45. The van der Waals surface area contributed by atoms with Crippen LogP contribution in [0.4, 0.5) is 13.2 Å². The number of nitrogens with zero attached hydrogens (tertiary/aromatic N) is 1. The Morgan fingerprint density at radius 3 is 2.54 bits per heavy atom. The maximum absolute atomic E-state index is 12.2. The summed E-state index contributed by atoms with van der Waals surface area (Å²) in [6.45, 7) is 1.85. The molecule has 0 atom stereocenters. The molecule has 0 radical (unpaired) electrons. The molecule has 1 aromatic rings. The van der Waals surface area contributed by atoms with E-state index < -0.39 is 17.3 Å². The molecule has 5 heteroatoms. The van der Waals surface area contributed by atoms with Crippen molar-refractivity contribution in [2.75, 3.05) is 0 Å². The summed E-state index contributed by atoms with van der Waals surface area (Å²) in [6.07, 6.45) is -3.23. The molecule has 0 aliphatic heterocycles. The second kappa shape index (κ2) is 3.24. The van der Waals surface area contributed by atoms with Gasteiger partial charge in [0.05, 0.1) is 0 Å². The summed E-state index contributed by atoms with van der Waals surface area (Å²) in [4.78, 5) is 11.1. The lowest BCUT2D eigenvalue weighted by atomic mass is 10.2. The predicted molar refractivity (Wildman–Crippen MR) is 41.4 cm³/mol. The normalized spacial score (nSPS) is 11.7. The second-order valence-corrected chi connectivity index (χ2v) is 2.51. The quantitative estimate of drug-likeness (QED) is 0.664. The maximum atomic E-state index is 12.2. The first-order valence-corrected chi connectivity index (χ1v) is 3.73. The van der Waals surface area contributed by atoms with Crippen molar-refractivity contribution in [3.63, 3.8) is 0 Å². The Balaban J connectivity index is 3.33. The van der Waals surface area contributed by atoms with Crippen LogP contribution in [0.1, 0.15) is 12.5 Å². The first-order chi connectivity index (χ1) is 5.96. The van der Waals surface area contributed by atoms with Crippen molar-refractivity contribution in [1.82, 2.24) is 4.57 Å². The summed E-state index contributed by atoms with van der Waals surface area (Å²) < 4.78 is 37.5. The Morgan fingerprint density at radius 1 is 1.46 bits per heavy atom. The van der Waals surface area contributed by atoms with E-state index in [4.69, 9.17) is 0 Å². The number of pyridine rings is 1. The van der Waals surface area contributed by atoms with Gasteiger partial charge in [-0.3, -0.25) is 4.79 Å². The third-order valence-corrected chi connectivity index (χ3v) is 1.67. The molecule has 1 aromatic heterocycles. The SMILES string of the molecule is CCn1cccc(C(F)(F)F)c1=O. The Bertz CT molecular complexity index is 353. The monoisotopic (exact) mass is 191 g/mol. The van der Waals surface area contributed by atoms with Crippen LogP contribution in [0.5, 0.6) is 0 Å². The van der Waals surface area contributed by atoms with Gasteiger partial charge in [-0.15, -0.1) is 0 Å². The van der Waals surface area contributed by atoms with Crippen molar-refractivity contribution in [2.24, 2.45) is 0 Å². The van der Waals surface area contributed by atoms with Crippen LogP contribution in [0.25, 0.3) is 0 Å². The van der Waals surface area contributed by atoms with E-state index in [1.54, 1.807) is 6.92 Å². The topological polar surface area (TPSA) is 22.0 Å². The fourth-order valence-corrected chi connectivity index (χ4v) is 1.00. The fraction of sp³-hybridized carbons (Fsp3) is 0.375. The summed E-state index contributed by atoms with van der Waals surface area (Å²) in [5, 5.41) is 0. The molecule has 13 heavy (non-hydrogen) atoms. The first-order valence-electron chi connectivity index (χ1n) is 3.73. The van der Waals surface area contributed by atoms with Gasteiger partial charge in [0.2, 0.25) is 0 Å². The van der Waals surface area contributed by atoms with Crippen molar-refractivity contribution in [2.45, 2.75) is 19.6 Å². The van der Waals surface area contributed by atoms with E-state index in [0.29, 0.717) is 0 Å². The second-order valence-electron chi connectivity index (χ2n) is 2.51. The van der Waals surface area contributed by atoms with Gasteiger partial charge in [-0.05, 0) is 19.1 Å². The van der Waals surface area contributed by atoms with Gasteiger partial charge < -0.3 is 4.57 Å². The average Bonchev–Trinajstić information content (AvgIpc) is 2.02. The highest BCUT2D eigenvalue weighted by Gasteiger charge is 2.33. The highest BCUT2D eigenvalue weighted by atomic mass is 19.4. The lowest BCUT2D eigenvalue weighted by Crippen LogP contribution is -2.27. The van der Waals surface area contributed by atoms with Crippen LogP contribution in [0.15, 0.2) is 23.1 Å². The average molecular weight is 191 g/mol. The zero-order valence-electron chi connectivity index (χ0n) is 6.93. The molecule has 0 saturated carbocycles. The number of aryl methyl sites for hydroxylation is 1. The minimum absolute atomic E-state index is 0.239. The summed E-state index contributed by atoms with van der Waals surface area (Å²) >= 11 is 0. The predicted octanol–water partition coefficient (Wildman–Crippen LogP) is 1.89. The largest absolute Gasteiger partial charge is 0.421 e. The van der Waals surface area contributed by atoms with Crippen LogP contribution in [0.3, 0.4) is 0 Å². The third-order valence-electron chi connectivity index (χ3n) is 1.67. The van der Waals surface area contributed by atoms with Gasteiger partial charge >= 0.3 is 6.18 Å². The Labute approximate surface area is 72.6 Å². The maximum Gasteiger partial charge on any atom is 0.421 e. The molecule has 0 aliphatic carbocycles. The lowest BCUT2D eigenvalue weighted by molar-refractivity contribution is -0.138. The van der Waals surface area contributed by atoms with E-state index in [1.807, 2.05) is 0 Å². The van der Waals surface area contributed by atoms with Crippen LogP contribution in [0, 0.1) is 0 Å². The molecule has 2 nitrogen and oxygen atoms in total. The summed E-state index contributed by atoms with van der Waals surface area (Å²) in [5.41, 5.74) is -2.10. The number of hydrogen-bond acceptors (Lipinski definition) is 1. The lowest BCUT2D eigenvalue weighted by Gasteiger charge is -2.07. The molecule has 72 valence electrons. The van der Waals surface area contributed by atoms with Gasteiger partial charge in [-0.1, -0.05) is 0 Å². The molecule has 1 heterocycles. The molecule has 0 bridgehead atoms. The highest BCUT2D eigenvalue weighted by molar-refractivity contribution is 5.13. The molecule has 0 fully saturated rings. The van der Waals surface area contributed by atoms with Gasteiger partial charge in [-0.25, -0.2) is 0 Å². The van der Waals surface area contributed by atoms with Crippen LogP contribution in [-0.4, -0.2) is 4.57 Å². The number of halogens is 3. The molecule has 1 rings (SSSR count). The molecule has 0 aromatic carbocycles. The van der Waals surface area contributed by atoms with Gasteiger partial charge in [0.1, 0.15) is 5.56 Å². The molecule has 0 saturated heterocycles. The van der Waals surface area contributed by atoms with E-state index in [0.717, 1.165) is 10.6 Å². The third kappa shape index (κ3) is 1.91. The zero-order chi connectivity index (χ0) is 10.1. The molecular weight excluding hydrogens is 183 g/mol. The van der Waals surface area contributed by atoms with E-state index in [-0.39, 0.29) is 6.54 Å². The van der Waals surface area contributed by atoms with Crippen LogP contribution < -0.4 is 5.56 Å². The van der Waals surface area contributed by atoms with E-state index in [1.165, 1.54) is 12.3 Å². The summed E-state index contributed by atoms with van der Waals surface area (Å²) in [5.74, 6) is 0. The smallest absolute Gasteiger partial charge is 0.315 e. The Hall–Kier alpha value is -1.26. The summed E-state index contributed by atoms with van der Waals surface area (Å²) in [6, 6.07) is 2.00. The van der Waals surface area contributed by atoms with Gasteiger partial charge in [0.25, 0.3) is 5.56 Å². The van der Waals surface area contributed by atoms with E-state index in [9.17, 15) is 18.0 Å². The van der Waals surface area contributed by atoms with Crippen LogP contribution in [-0.2, 0) is 12.7 Å². The van der Waals surface area contributed by atoms with Gasteiger partial charge in [0, 0.05) is 12.7 Å². The van der Waals surface area contributed by atoms with Crippen molar-refractivity contribution in [3.8, 4) is 0 Å². The van der Waals surface area contributed by atoms with Crippen molar-refractivity contribution in [3.05, 3.63) is 34.2 Å². The molecule has 0 aliphatic rings. The fourth-order valence-electron chi connectivity index (χ4n) is 1.00.